The summed E-state index contributed by atoms with van der Waals surface area (Å²) in [5, 5.41) is 12.0. The minimum Gasteiger partial charge on any atom is -0.490 e. The number of ether oxygens (including phenoxy) is 1. The zero-order valence-electron chi connectivity index (χ0n) is 10.3. The van der Waals surface area contributed by atoms with Crippen molar-refractivity contribution >= 4 is 11.6 Å². The summed E-state index contributed by atoms with van der Waals surface area (Å²) in [6.45, 7) is 3.00. The Balaban J connectivity index is 2.44. The van der Waals surface area contributed by atoms with E-state index in [1.807, 2.05) is 6.92 Å². The third-order valence-corrected chi connectivity index (χ3v) is 2.51. The van der Waals surface area contributed by atoms with E-state index >= 15 is 0 Å². The van der Waals surface area contributed by atoms with Crippen LogP contribution >= 0.6 is 0 Å². The number of anilines is 2. The highest BCUT2D eigenvalue weighted by Gasteiger charge is 2.08. The first kappa shape index (κ1) is 13.5. The standard InChI is InChI=1S/C11H20N4O2/c1-8(6-16)4-3-5-13-11-9(17-2)10(12)14-7-15-11/h7-8,16H,3-6H2,1-2H3,(H3,12,13,14,15). The van der Waals surface area contributed by atoms with Gasteiger partial charge in [0.15, 0.2) is 11.6 Å². The number of methoxy groups -OCH3 is 1. The van der Waals surface area contributed by atoms with Gasteiger partial charge in [0.1, 0.15) is 6.33 Å². The van der Waals surface area contributed by atoms with Gasteiger partial charge in [0, 0.05) is 13.2 Å². The quantitative estimate of drug-likeness (QED) is 0.613. The second kappa shape index (κ2) is 6.90. The van der Waals surface area contributed by atoms with E-state index in [9.17, 15) is 0 Å². The molecular weight excluding hydrogens is 220 g/mol. The van der Waals surface area contributed by atoms with Crippen LogP contribution in [0.5, 0.6) is 5.75 Å². The third kappa shape index (κ3) is 4.07. The molecule has 1 rings (SSSR count). The molecule has 1 aromatic rings. The zero-order valence-corrected chi connectivity index (χ0v) is 10.3. The lowest BCUT2D eigenvalue weighted by atomic mass is 10.1. The smallest absolute Gasteiger partial charge is 0.203 e. The lowest BCUT2D eigenvalue weighted by Gasteiger charge is -2.12. The maximum absolute atomic E-state index is 8.89. The average molecular weight is 240 g/mol. The van der Waals surface area contributed by atoms with Gasteiger partial charge in [-0.1, -0.05) is 6.92 Å². The molecular formula is C11H20N4O2. The fourth-order valence-electron chi connectivity index (χ4n) is 1.46. The van der Waals surface area contributed by atoms with Crippen molar-refractivity contribution in [1.29, 1.82) is 0 Å². The monoisotopic (exact) mass is 240 g/mol. The van der Waals surface area contributed by atoms with Gasteiger partial charge >= 0.3 is 0 Å². The molecule has 96 valence electrons. The number of nitrogens with one attached hydrogen (secondary N) is 1. The van der Waals surface area contributed by atoms with E-state index in [0.717, 1.165) is 19.4 Å². The maximum atomic E-state index is 8.89. The molecule has 1 heterocycles. The number of rotatable bonds is 7. The highest BCUT2D eigenvalue weighted by Crippen LogP contribution is 2.26. The van der Waals surface area contributed by atoms with E-state index < -0.39 is 0 Å². The predicted molar refractivity (Wildman–Crippen MR) is 67.0 cm³/mol. The van der Waals surface area contributed by atoms with Gasteiger partial charge in [-0.3, -0.25) is 0 Å². The summed E-state index contributed by atoms with van der Waals surface area (Å²) in [4.78, 5) is 7.92. The highest BCUT2D eigenvalue weighted by atomic mass is 16.5. The van der Waals surface area contributed by atoms with E-state index in [1.165, 1.54) is 13.4 Å². The number of aromatic nitrogens is 2. The van der Waals surface area contributed by atoms with Crippen molar-refractivity contribution in [1.82, 2.24) is 9.97 Å². The fraction of sp³-hybridized carbons (Fsp3) is 0.636. The van der Waals surface area contributed by atoms with Gasteiger partial charge in [0.25, 0.3) is 0 Å². The molecule has 0 bridgehead atoms. The van der Waals surface area contributed by atoms with Crippen molar-refractivity contribution in [2.45, 2.75) is 19.8 Å². The minimum absolute atomic E-state index is 0.226. The number of nitrogens with zero attached hydrogens (tertiary/aromatic N) is 2. The van der Waals surface area contributed by atoms with E-state index in [2.05, 4.69) is 15.3 Å². The van der Waals surface area contributed by atoms with Crippen LogP contribution in [0.25, 0.3) is 0 Å². The number of hydrogen-bond acceptors (Lipinski definition) is 6. The molecule has 0 aliphatic carbocycles. The number of aliphatic hydroxyl groups is 1. The lowest BCUT2D eigenvalue weighted by Crippen LogP contribution is -2.09. The predicted octanol–water partition coefficient (Wildman–Crippen LogP) is 0.888. The number of aliphatic hydroxyl groups excluding tert-OH is 1. The maximum Gasteiger partial charge on any atom is 0.203 e. The Morgan fingerprint density at radius 2 is 2.29 bits per heavy atom. The van der Waals surface area contributed by atoms with Gasteiger partial charge in [0.05, 0.1) is 7.11 Å². The third-order valence-electron chi connectivity index (χ3n) is 2.51. The molecule has 0 aliphatic rings. The molecule has 6 heteroatoms. The second-order valence-corrected chi connectivity index (χ2v) is 4.00. The first-order valence-electron chi connectivity index (χ1n) is 5.68. The first-order chi connectivity index (χ1) is 8.19. The molecule has 0 saturated carbocycles. The topological polar surface area (TPSA) is 93.3 Å². The van der Waals surface area contributed by atoms with Gasteiger partial charge in [0.2, 0.25) is 5.75 Å². The van der Waals surface area contributed by atoms with Crippen LogP contribution in [0.15, 0.2) is 6.33 Å². The summed E-state index contributed by atoms with van der Waals surface area (Å²) in [5.41, 5.74) is 5.66. The second-order valence-electron chi connectivity index (χ2n) is 4.00. The SMILES string of the molecule is COc1c(N)ncnc1NCCCC(C)CO. The molecule has 0 amide bonds. The Hall–Kier alpha value is -1.56. The first-order valence-corrected chi connectivity index (χ1v) is 5.68. The van der Waals surface area contributed by atoms with E-state index in [1.54, 1.807) is 0 Å². The summed E-state index contributed by atoms with van der Waals surface area (Å²) >= 11 is 0. The van der Waals surface area contributed by atoms with Gasteiger partial charge in [-0.05, 0) is 18.8 Å². The average Bonchev–Trinajstić information content (AvgIpc) is 2.34. The lowest BCUT2D eigenvalue weighted by molar-refractivity contribution is 0.229. The summed E-state index contributed by atoms with van der Waals surface area (Å²) in [5.74, 6) is 1.74. The van der Waals surface area contributed by atoms with E-state index in [-0.39, 0.29) is 6.61 Å². The molecule has 0 aromatic carbocycles. The normalized spacial score (nSPS) is 12.2. The van der Waals surface area contributed by atoms with Crippen LogP contribution in [0.4, 0.5) is 11.6 Å². The van der Waals surface area contributed by atoms with Crippen molar-refractivity contribution in [3.8, 4) is 5.75 Å². The summed E-state index contributed by atoms with van der Waals surface area (Å²) < 4.78 is 5.12. The molecule has 6 nitrogen and oxygen atoms in total. The summed E-state index contributed by atoms with van der Waals surface area (Å²) in [7, 11) is 1.54. The van der Waals surface area contributed by atoms with Crippen molar-refractivity contribution in [2.24, 2.45) is 5.92 Å². The van der Waals surface area contributed by atoms with Crippen LogP contribution in [0, 0.1) is 5.92 Å². The van der Waals surface area contributed by atoms with Gasteiger partial charge in [-0.2, -0.15) is 0 Å². The van der Waals surface area contributed by atoms with Crippen LogP contribution in [0.1, 0.15) is 19.8 Å². The Morgan fingerprint density at radius 1 is 1.53 bits per heavy atom. The number of nitrogen functional groups attached to an aromatic ring is 1. The van der Waals surface area contributed by atoms with Crippen LogP contribution in [0.3, 0.4) is 0 Å². The van der Waals surface area contributed by atoms with E-state index in [0.29, 0.717) is 23.3 Å². The summed E-state index contributed by atoms with van der Waals surface area (Å²) in [6, 6.07) is 0. The molecule has 0 spiro atoms. The fourth-order valence-corrected chi connectivity index (χ4v) is 1.46. The number of hydrogen-bond donors (Lipinski definition) is 3. The number of nitrogens with two attached hydrogens (primary N) is 1. The van der Waals surface area contributed by atoms with Gasteiger partial charge in [-0.15, -0.1) is 0 Å². The highest BCUT2D eigenvalue weighted by molar-refractivity contribution is 5.61. The van der Waals surface area contributed by atoms with Crippen molar-refractivity contribution < 1.29 is 9.84 Å². The summed E-state index contributed by atoms with van der Waals surface area (Å²) in [6.07, 6.45) is 3.32. The van der Waals surface area contributed by atoms with Crippen LogP contribution in [0.2, 0.25) is 0 Å². The largest absolute Gasteiger partial charge is 0.490 e. The zero-order chi connectivity index (χ0) is 12.7. The molecule has 0 saturated heterocycles. The van der Waals surface area contributed by atoms with Crippen molar-refractivity contribution in [3.05, 3.63) is 6.33 Å². The molecule has 17 heavy (non-hydrogen) atoms. The van der Waals surface area contributed by atoms with Gasteiger partial charge in [-0.25, -0.2) is 9.97 Å². The van der Waals surface area contributed by atoms with Gasteiger partial charge < -0.3 is 20.9 Å². The molecule has 1 aromatic heterocycles. The molecule has 1 atom stereocenters. The molecule has 0 aliphatic heterocycles. The Kier molecular flexibility index (Phi) is 5.48. The molecule has 0 fully saturated rings. The molecule has 4 N–H and O–H groups in total. The van der Waals surface area contributed by atoms with Crippen molar-refractivity contribution in [3.63, 3.8) is 0 Å². The Labute approximate surface area is 101 Å². The van der Waals surface area contributed by atoms with Crippen LogP contribution < -0.4 is 15.8 Å². The van der Waals surface area contributed by atoms with Crippen molar-refractivity contribution in [2.75, 3.05) is 31.3 Å². The minimum atomic E-state index is 0.226. The molecule has 1 unspecified atom stereocenters. The van der Waals surface area contributed by atoms with E-state index in [4.69, 9.17) is 15.6 Å². The molecule has 0 radical (unpaired) electrons. The van der Waals surface area contributed by atoms with Crippen LogP contribution in [-0.4, -0.2) is 35.3 Å². The van der Waals surface area contributed by atoms with Crippen LogP contribution in [-0.2, 0) is 0 Å². The Bertz CT molecular complexity index is 346. The Morgan fingerprint density at radius 3 is 2.94 bits per heavy atom.